The molecule has 1 atom stereocenters. The van der Waals surface area contributed by atoms with Crippen LogP contribution in [0.15, 0.2) is 30.9 Å². The number of methoxy groups -OCH3 is 1. The van der Waals surface area contributed by atoms with Crippen molar-refractivity contribution >= 4 is 22.7 Å². The van der Waals surface area contributed by atoms with E-state index in [2.05, 4.69) is 20.3 Å². The minimum absolute atomic E-state index is 0.0217. The van der Waals surface area contributed by atoms with Gasteiger partial charge in [0, 0.05) is 18.4 Å². The van der Waals surface area contributed by atoms with Gasteiger partial charge in [0.1, 0.15) is 12.6 Å². The molecule has 0 radical (unpaired) electrons. The van der Waals surface area contributed by atoms with Crippen molar-refractivity contribution in [2.75, 3.05) is 19.0 Å². The summed E-state index contributed by atoms with van der Waals surface area (Å²) in [6.45, 7) is 0.758. The number of fused-ring (bicyclic) bond motifs is 1. The Morgan fingerprint density at radius 2 is 2.25 bits per heavy atom. The number of nitrogens with zero attached hydrogens (tertiary/aromatic N) is 4. The monoisotopic (exact) mass is 327 g/mol. The first-order valence-corrected chi connectivity index (χ1v) is 7.69. The molecule has 0 spiro atoms. The molecular weight excluding hydrogens is 310 g/mol. The fourth-order valence-corrected chi connectivity index (χ4v) is 2.83. The lowest BCUT2D eigenvalue weighted by Crippen LogP contribution is -2.06. The molecule has 3 heterocycles. The third-order valence-corrected chi connectivity index (χ3v) is 4.02. The van der Waals surface area contributed by atoms with Crippen LogP contribution < -0.4 is 10.1 Å². The van der Waals surface area contributed by atoms with E-state index in [1.807, 2.05) is 4.57 Å². The van der Waals surface area contributed by atoms with E-state index in [1.54, 1.807) is 24.5 Å². The molecule has 2 aromatic heterocycles. The van der Waals surface area contributed by atoms with Crippen molar-refractivity contribution in [3.63, 3.8) is 0 Å². The van der Waals surface area contributed by atoms with Gasteiger partial charge in [0.25, 0.3) is 0 Å². The van der Waals surface area contributed by atoms with E-state index in [1.165, 1.54) is 13.4 Å². The Morgan fingerprint density at radius 1 is 1.33 bits per heavy atom. The minimum Gasteiger partial charge on any atom is -0.504 e. The lowest BCUT2D eigenvalue weighted by atomic mass is 10.2. The Balaban J connectivity index is 1.69. The number of ether oxygens (including phenoxy) is 2. The second-order valence-corrected chi connectivity index (χ2v) is 5.53. The highest BCUT2D eigenvalue weighted by atomic mass is 16.5. The molecule has 1 fully saturated rings. The zero-order valence-corrected chi connectivity index (χ0v) is 13.1. The molecule has 4 rings (SSSR count). The highest BCUT2D eigenvalue weighted by Gasteiger charge is 2.21. The van der Waals surface area contributed by atoms with Crippen LogP contribution in [0.2, 0.25) is 0 Å². The Hall–Kier alpha value is -2.87. The van der Waals surface area contributed by atoms with E-state index in [-0.39, 0.29) is 12.0 Å². The van der Waals surface area contributed by atoms with Crippen molar-refractivity contribution in [2.45, 2.75) is 19.1 Å². The highest BCUT2D eigenvalue weighted by molar-refractivity contribution is 5.85. The lowest BCUT2D eigenvalue weighted by Gasteiger charge is -2.12. The van der Waals surface area contributed by atoms with Crippen LogP contribution in [0, 0.1) is 0 Å². The number of hydrogen-bond acceptors (Lipinski definition) is 7. The number of aromatic nitrogens is 4. The molecule has 1 aliphatic heterocycles. The Labute approximate surface area is 138 Å². The smallest absolute Gasteiger partial charge is 0.167 e. The summed E-state index contributed by atoms with van der Waals surface area (Å²) in [4.78, 5) is 13.1. The summed E-state index contributed by atoms with van der Waals surface area (Å²) in [5.41, 5.74) is 2.13. The number of rotatable bonds is 4. The van der Waals surface area contributed by atoms with E-state index in [0.29, 0.717) is 17.1 Å². The van der Waals surface area contributed by atoms with Crippen LogP contribution in [-0.4, -0.2) is 38.3 Å². The minimum atomic E-state index is -0.0217. The highest BCUT2D eigenvalue weighted by Crippen LogP contribution is 2.32. The standard InChI is InChI=1S/C16H17N5O3/c1-23-12-7-10(4-5-11(12)22)20-15-14-16(18-8-17-15)21(9-19-14)13-3-2-6-24-13/h4-5,7-9,13,22H,2-3,6H2,1H3,(H,17,18,20). The maximum atomic E-state index is 9.69. The van der Waals surface area contributed by atoms with Crippen molar-refractivity contribution in [2.24, 2.45) is 0 Å². The number of phenolic OH excluding ortho intramolecular Hbond substituents is 1. The number of hydrogen-bond donors (Lipinski definition) is 2. The number of aromatic hydroxyl groups is 1. The van der Waals surface area contributed by atoms with Crippen LogP contribution >= 0.6 is 0 Å². The summed E-state index contributed by atoms with van der Waals surface area (Å²) in [5.74, 6) is 1.05. The molecule has 0 aliphatic carbocycles. The van der Waals surface area contributed by atoms with Gasteiger partial charge >= 0.3 is 0 Å². The number of benzene rings is 1. The number of phenols is 1. The summed E-state index contributed by atoms with van der Waals surface area (Å²) >= 11 is 0. The second-order valence-electron chi connectivity index (χ2n) is 5.53. The third-order valence-electron chi connectivity index (χ3n) is 4.02. The number of anilines is 2. The SMILES string of the molecule is COc1cc(Nc2ncnc3c2ncn3C2CCCO2)ccc1O. The maximum absolute atomic E-state index is 9.69. The van der Waals surface area contributed by atoms with E-state index in [0.717, 1.165) is 30.8 Å². The lowest BCUT2D eigenvalue weighted by molar-refractivity contribution is 0.0593. The van der Waals surface area contributed by atoms with Gasteiger partial charge in [-0.3, -0.25) is 4.57 Å². The summed E-state index contributed by atoms with van der Waals surface area (Å²) in [5, 5.41) is 12.9. The molecule has 124 valence electrons. The Morgan fingerprint density at radius 3 is 3.04 bits per heavy atom. The normalized spacial score (nSPS) is 17.3. The van der Waals surface area contributed by atoms with Gasteiger partial charge < -0.3 is 19.9 Å². The van der Waals surface area contributed by atoms with Gasteiger partial charge in [-0.15, -0.1) is 0 Å². The zero-order chi connectivity index (χ0) is 16.5. The van der Waals surface area contributed by atoms with E-state index < -0.39 is 0 Å². The summed E-state index contributed by atoms with van der Waals surface area (Å²) < 4.78 is 12.8. The molecule has 1 unspecified atom stereocenters. The molecule has 24 heavy (non-hydrogen) atoms. The van der Waals surface area contributed by atoms with Crippen molar-refractivity contribution in [1.82, 2.24) is 19.5 Å². The topological polar surface area (TPSA) is 94.3 Å². The fourth-order valence-electron chi connectivity index (χ4n) is 2.83. The van der Waals surface area contributed by atoms with Crippen LogP contribution in [0.5, 0.6) is 11.5 Å². The van der Waals surface area contributed by atoms with Gasteiger partial charge in [-0.1, -0.05) is 0 Å². The van der Waals surface area contributed by atoms with Gasteiger partial charge in [-0.05, 0) is 25.0 Å². The average molecular weight is 327 g/mol. The van der Waals surface area contributed by atoms with Crippen LogP contribution in [0.3, 0.4) is 0 Å². The number of imidazole rings is 1. The van der Waals surface area contributed by atoms with Crippen LogP contribution in [0.4, 0.5) is 11.5 Å². The molecule has 1 aliphatic rings. The van der Waals surface area contributed by atoms with Crippen molar-refractivity contribution in [3.8, 4) is 11.5 Å². The quantitative estimate of drug-likeness (QED) is 0.711. The third kappa shape index (κ3) is 2.50. The molecule has 8 heteroatoms. The van der Waals surface area contributed by atoms with Gasteiger partial charge in [-0.25, -0.2) is 15.0 Å². The van der Waals surface area contributed by atoms with Crippen molar-refractivity contribution in [3.05, 3.63) is 30.9 Å². The Bertz CT molecular complexity index is 873. The van der Waals surface area contributed by atoms with Crippen LogP contribution in [0.1, 0.15) is 19.1 Å². The first kappa shape index (κ1) is 14.7. The predicted octanol–water partition coefficient (Wildman–Crippen LogP) is 2.59. The summed E-state index contributed by atoms with van der Waals surface area (Å²) in [7, 11) is 1.50. The molecule has 3 aromatic rings. The van der Waals surface area contributed by atoms with E-state index in [4.69, 9.17) is 9.47 Å². The molecule has 2 N–H and O–H groups in total. The zero-order valence-electron chi connectivity index (χ0n) is 13.1. The van der Waals surface area contributed by atoms with Gasteiger partial charge in [0.05, 0.1) is 13.4 Å². The molecule has 1 aromatic carbocycles. The van der Waals surface area contributed by atoms with Crippen LogP contribution in [-0.2, 0) is 4.74 Å². The van der Waals surface area contributed by atoms with Crippen molar-refractivity contribution < 1.29 is 14.6 Å². The largest absolute Gasteiger partial charge is 0.504 e. The molecular formula is C16H17N5O3. The summed E-state index contributed by atoms with van der Waals surface area (Å²) in [6, 6.07) is 4.99. The van der Waals surface area contributed by atoms with Gasteiger partial charge in [-0.2, -0.15) is 0 Å². The first-order chi connectivity index (χ1) is 11.8. The molecule has 0 saturated carbocycles. The molecule has 0 amide bonds. The van der Waals surface area contributed by atoms with Gasteiger partial charge in [0.15, 0.2) is 28.5 Å². The molecule has 8 nitrogen and oxygen atoms in total. The Kier molecular flexibility index (Phi) is 3.66. The van der Waals surface area contributed by atoms with Crippen LogP contribution in [0.25, 0.3) is 11.2 Å². The second kappa shape index (κ2) is 5.97. The van der Waals surface area contributed by atoms with Gasteiger partial charge in [0.2, 0.25) is 0 Å². The predicted molar refractivity (Wildman–Crippen MR) is 87.5 cm³/mol. The van der Waals surface area contributed by atoms with E-state index >= 15 is 0 Å². The van der Waals surface area contributed by atoms with E-state index in [9.17, 15) is 5.11 Å². The first-order valence-electron chi connectivity index (χ1n) is 7.69. The molecule has 1 saturated heterocycles. The molecule has 0 bridgehead atoms. The average Bonchev–Trinajstić information content (AvgIpc) is 3.25. The summed E-state index contributed by atoms with van der Waals surface area (Å²) in [6.07, 6.45) is 5.20. The fraction of sp³-hybridized carbons (Fsp3) is 0.312. The van der Waals surface area contributed by atoms with Crippen molar-refractivity contribution in [1.29, 1.82) is 0 Å². The maximum Gasteiger partial charge on any atom is 0.167 e. The number of nitrogens with one attached hydrogen (secondary N) is 1.